The van der Waals surface area contributed by atoms with Gasteiger partial charge in [-0.15, -0.1) is 0 Å². The lowest BCUT2D eigenvalue weighted by molar-refractivity contribution is -0.00170. The van der Waals surface area contributed by atoms with Gasteiger partial charge in [-0.1, -0.05) is 26.8 Å². The fourth-order valence-corrected chi connectivity index (χ4v) is 4.33. The van der Waals surface area contributed by atoms with Crippen molar-refractivity contribution in [2.45, 2.75) is 59.2 Å². The summed E-state index contributed by atoms with van der Waals surface area (Å²) < 4.78 is 0. The van der Waals surface area contributed by atoms with E-state index in [1.807, 2.05) is 6.92 Å². The monoisotopic (exact) mass is 238 g/mol. The van der Waals surface area contributed by atoms with E-state index in [9.17, 15) is 10.2 Å². The average Bonchev–Trinajstić information content (AvgIpc) is 2.45. The van der Waals surface area contributed by atoms with Crippen LogP contribution in [-0.4, -0.2) is 22.4 Å². The summed E-state index contributed by atoms with van der Waals surface area (Å²) in [7, 11) is 0. The van der Waals surface area contributed by atoms with Gasteiger partial charge >= 0.3 is 0 Å². The highest BCUT2D eigenvalue weighted by atomic mass is 16.3. The molecular formula is C15H26O2. The van der Waals surface area contributed by atoms with Gasteiger partial charge in [0.15, 0.2) is 0 Å². The molecule has 0 saturated heterocycles. The fraction of sp³-hybridized carbons (Fsp3) is 0.867. The van der Waals surface area contributed by atoms with Crippen LogP contribution < -0.4 is 0 Å². The van der Waals surface area contributed by atoms with Crippen LogP contribution in [0.4, 0.5) is 0 Å². The summed E-state index contributed by atoms with van der Waals surface area (Å²) in [6, 6.07) is 0. The molecule has 0 aromatic carbocycles. The smallest absolute Gasteiger partial charge is 0.0753 e. The third-order valence-electron chi connectivity index (χ3n) is 5.28. The SMILES string of the molecule is CC1=CCC2(CC1O)C(C)CC(O)C2C(C)C. The maximum Gasteiger partial charge on any atom is 0.0753 e. The first kappa shape index (κ1) is 13.1. The van der Waals surface area contributed by atoms with Crippen molar-refractivity contribution in [3.05, 3.63) is 11.6 Å². The van der Waals surface area contributed by atoms with E-state index in [0.29, 0.717) is 17.8 Å². The van der Waals surface area contributed by atoms with Crippen LogP contribution in [-0.2, 0) is 0 Å². The summed E-state index contributed by atoms with van der Waals surface area (Å²) >= 11 is 0. The molecule has 0 heterocycles. The predicted octanol–water partition coefficient (Wildman–Crippen LogP) is 2.75. The van der Waals surface area contributed by atoms with E-state index < -0.39 is 0 Å². The zero-order chi connectivity index (χ0) is 12.8. The van der Waals surface area contributed by atoms with Crippen LogP contribution in [0.3, 0.4) is 0 Å². The summed E-state index contributed by atoms with van der Waals surface area (Å²) in [4.78, 5) is 0. The third kappa shape index (κ3) is 1.96. The van der Waals surface area contributed by atoms with Gasteiger partial charge in [0.1, 0.15) is 0 Å². The molecule has 2 nitrogen and oxygen atoms in total. The normalized spacial score (nSPS) is 46.6. The Morgan fingerprint density at radius 3 is 2.53 bits per heavy atom. The van der Waals surface area contributed by atoms with Gasteiger partial charge in [-0.25, -0.2) is 0 Å². The van der Waals surface area contributed by atoms with Gasteiger partial charge in [-0.05, 0) is 54.9 Å². The summed E-state index contributed by atoms with van der Waals surface area (Å²) in [5.41, 5.74) is 1.22. The first-order valence-electron chi connectivity index (χ1n) is 6.91. The Hall–Kier alpha value is -0.340. The predicted molar refractivity (Wildman–Crippen MR) is 69.5 cm³/mol. The van der Waals surface area contributed by atoms with Crippen molar-refractivity contribution in [2.24, 2.45) is 23.2 Å². The van der Waals surface area contributed by atoms with Gasteiger partial charge in [0.25, 0.3) is 0 Å². The van der Waals surface area contributed by atoms with Gasteiger partial charge in [0.2, 0.25) is 0 Å². The Kier molecular flexibility index (Phi) is 3.39. The van der Waals surface area contributed by atoms with Crippen LogP contribution in [0.15, 0.2) is 11.6 Å². The topological polar surface area (TPSA) is 40.5 Å². The summed E-state index contributed by atoms with van der Waals surface area (Å²) in [5, 5.41) is 20.5. The number of hydrogen-bond donors (Lipinski definition) is 2. The summed E-state index contributed by atoms with van der Waals surface area (Å²) in [6.07, 6.45) is 4.44. The summed E-state index contributed by atoms with van der Waals surface area (Å²) in [6.45, 7) is 8.65. The molecule has 1 fully saturated rings. The first-order chi connectivity index (χ1) is 7.88. The van der Waals surface area contributed by atoms with E-state index in [-0.39, 0.29) is 17.6 Å². The molecule has 98 valence electrons. The van der Waals surface area contributed by atoms with Crippen LogP contribution >= 0.6 is 0 Å². The number of hydrogen-bond acceptors (Lipinski definition) is 2. The Balaban J connectivity index is 2.34. The van der Waals surface area contributed by atoms with E-state index >= 15 is 0 Å². The minimum atomic E-state index is -0.308. The molecule has 0 aromatic heterocycles. The molecule has 5 atom stereocenters. The molecule has 0 aromatic rings. The molecule has 0 amide bonds. The molecule has 5 unspecified atom stereocenters. The van der Waals surface area contributed by atoms with Gasteiger partial charge in [0.05, 0.1) is 12.2 Å². The molecule has 2 rings (SSSR count). The minimum absolute atomic E-state index is 0.118. The number of rotatable bonds is 1. The first-order valence-corrected chi connectivity index (χ1v) is 6.91. The zero-order valence-corrected chi connectivity index (χ0v) is 11.5. The lowest BCUT2D eigenvalue weighted by Crippen LogP contribution is -2.41. The standard InChI is InChI=1S/C15H26O2/c1-9(2)14-12(16)7-11(4)15(14)6-5-10(3)13(17)8-15/h5,9,11-14,16-17H,6-8H2,1-4H3. The summed E-state index contributed by atoms with van der Waals surface area (Å²) in [5.74, 6) is 1.31. The Morgan fingerprint density at radius 2 is 2.00 bits per heavy atom. The van der Waals surface area contributed by atoms with Crippen molar-refractivity contribution in [3.63, 3.8) is 0 Å². The highest BCUT2D eigenvalue weighted by molar-refractivity contribution is 5.17. The van der Waals surface area contributed by atoms with Crippen molar-refractivity contribution in [3.8, 4) is 0 Å². The van der Waals surface area contributed by atoms with E-state index in [0.717, 1.165) is 24.8 Å². The van der Waals surface area contributed by atoms with Gasteiger partial charge in [-0.2, -0.15) is 0 Å². The molecule has 2 N–H and O–H groups in total. The second-order valence-corrected chi connectivity index (χ2v) is 6.58. The largest absolute Gasteiger partial charge is 0.393 e. The molecule has 1 saturated carbocycles. The highest BCUT2D eigenvalue weighted by Gasteiger charge is 2.54. The molecule has 0 bridgehead atoms. The second kappa shape index (κ2) is 4.40. The molecule has 17 heavy (non-hydrogen) atoms. The Labute approximate surface area is 105 Å². The molecule has 0 radical (unpaired) electrons. The lowest BCUT2D eigenvalue weighted by atomic mass is 9.61. The maximum absolute atomic E-state index is 10.3. The van der Waals surface area contributed by atoms with E-state index in [1.165, 1.54) is 0 Å². The maximum atomic E-state index is 10.3. The number of aliphatic hydroxyl groups is 2. The minimum Gasteiger partial charge on any atom is -0.393 e. The average molecular weight is 238 g/mol. The van der Waals surface area contributed by atoms with Crippen LogP contribution in [0.2, 0.25) is 0 Å². The fourth-order valence-electron chi connectivity index (χ4n) is 4.33. The molecule has 2 heteroatoms. The van der Waals surface area contributed by atoms with Crippen LogP contribution in [0.5, 0.6) is 0 Å². The van der Waals surface area contributed by atoms with Crippen LogP contribution in [0, 0.1) is 23.2 Å². The van der Waals surface area contributed by atoms with E-state index in [4.69, 9.17) is 0 Å². The quantitative estimate of drug-likeness (QED) is 0.690. The van der Waals surface area contributed by atoms with E-state index in [2.05, 4.69) is 26.8 Å². The lowest BCUT2D eigenvalue weighted by Gasteiger charge is -2.45. The number of allylic oxidation sites excluding steroid dienone is 1. The Bertz CT molecular complexity index is 321. The number of aliphatic hydroxyl groups excluding tert-OH is 2. The molecule has 2 aliphatic carbocycles. The van der Waals surface area contributed by atoms with Gasteiger partial charge < -0.3 is 10.2 Å². The van der Waals surface area contributed by atoms with E-state index in [1.54, 1.807) is 0 Å². The second-order valence-electron chi connectivity index (χ2n) is 6.58. The van der Waals surface area contributed by atoms with Crippen molar-refractivity contribution >= 4 is 0 Å². The zero-order valence-electron chi connectivity index (χ0n) is 11.5. The Morgan fingerprint density at radius 1 is 1.35 bits per heavy atom. The van der Waals surface area contributed by atoms with Crippen LogP contribution in [0.25, 0.3) is 0 Å². The van der Waals surface area contributed by atoms with Gasteiger partial charge in [-0.3, -0.25) is 0 Å². The molecule has 0 aliphatic heterocycles. The van der Waals surface area contributed by atoms with Crippen LogP contribution in [0.1, 0.15) is 47.0 Å². The van der Waals surface area contributed by atoms with Crippen molar-refractivity contribution in [1.29, 1.82) is 0 Å². The van der Waals surface area contributed by atoms with Gasteiger partial charge in [0, 0.05) is 0 Å². The highest BCUT2D eigenvalue weighted by Crippen LogP contribution is 2.57. The molecule has 2 aliphatic rings. The molecule has 1 spiro atoms. The van der Waals surface area contributed by atoms with Crippen molar-refractivity contribution < 1.29 is 10.2 Å². The van der Waals surface area contributed by atoms with Crippen molar-refractivity contribution in [2.75, 3.05) is 0 Å². The van der Waals surface area contributed by atoms with Crippen molar-refractivity contribution in [1.82, 2.24) is 0 Å². The molecular weight excluding hydrogens is 212 g/mol. The third-order valence-corrected chi connectivity index (χ3v) is 5.28.